The maximum Gasteiger partial charge on any atom is 0.311 e. The molecule has 0 aliphatic heterocycles. The lowest BCUT2D eigenvalue weighted by molar-refractivity contribution is -0.155. The molecule has 32 heavy (non-hydrogen) atoms. The maximum absolute atomic E-state index is 12.4. The number of aliphatic carboxylic acids is 1. The molecular formula is C26H42O6. The van der Waals surface area contributed by atoms with E-state index in [0.717, 1.165) is 44.1 Å². The van der Waals surface area contributed by atoms with Crippen LogP contribution in [0.1, 0.15) is 78.2 Å². The molecule has 0 bridgehead atoms. The number of hydrogen-bond acceptors (Lipinski definition) is 5. The van der Waals surface area contributed by atoms with E-state index in [2.05, 4.69) is 0 Å². The summed E-state index contributed by atoms with van der Waals surface area (Å²) in [6.45, 7) is 10.3. The number of unbranched alkanes of at least 4 members (excludes halogenated alkanes) is 2. The number of carbonyl (C=O) groups excluding carboxylic acids is 1. The fourth-order valence-electron chi connectivity index (χ4n) is 3.14. The second-order valence-electron chi connectivity index (χ2n) is 9.63. The van der Waals surface area contributed by atoms with Gasteiger partial charge in [-0.15, -0.1) is 0 Å². The number of carbonyl (C=O) groups is 2. The first-order chi connectivity index (χ1) is 15.1. The summed E-state index contributed by atoms with van der Waals surface area (Å²) in [6, 6.07) is 9.72. The third kappa shape index (κ3) is 12.2. The lowest BCUT2D eigenvalue weighted by atomic mass is 9.87. The normalized spacial score (nSPS) is 12.0. The molecule has 182 valence electrons. The van der Waals surface area contributed by atoms with Crippen LogP contribution in [-0.4, -0.2) is 43.5 Å². The molecule has 0 amide bonds. The highest BCUT2D eigenvalue weighted by molar-refractivity contribution is 5.75. The molecule has 0 spiro atoms. The van der Waals surface area contributed by atoms with E-state index in [1.54, 1.807) is 13.8 Å². The van der Waals surface area contributed by atoms with E-state index in [1.807, 2.05) is 44.2 Å². The largest absolute Gasteiger partial charge is 0.481 e. The number of benzene rings is 1. The van der Waals surface area contributed by atoms with Gasteiger partial charge >= 0.3 is 11.9 Å². The van der Waals surface area contributed by atoms with Gasteiger partial charge < -0.3 is 19.3 Å². The Labute approximate surface area is 193 Å². The van der Waals surface area contributed by atoms with Gasteiger partial charge in [-0.05, 0) is 65.4 Å². The number of carboxylic acid groups (broad SMARTS) is 1. The highest BCUT2D eigenvalue weighted by Gasteiger charge is 2.28. The predicted octanol–water partition coefficient (Wildman–Crippen LogP) is 5.63. The third-order valence-electron chi connectivity index (χ3n) is 5.60. The highest BCUT2D eigenvalue weighted by Crippen LogP contribution is 2.26. The average Bonchev–Trinajstić information content (AvgIpc) is 2.75. The van der Waals surface area contributed by atoms with E-state index in [1.165, 1.54) is 0 Å². The zero-order valence-corrected chi connectivity index (χ0v) is 20.4. The first kappa shape index (κ1) is 28.1. The SMILES string of the molecule is CC(C)(CCCCOCCCOCCCCC(C)(C)C(=O)OCc1ccccc1)C(=O)O. The molecule has 1 aromatic rings. The van der Waals surface area contributed by atoms with Gasteiger partial charge in [0.2, 0.25) is 0 Å². The summed E-state index contributed by atoms with van der Waals surface area (Å²) in [7, 11) is 0. The molecule has 6 nitrogen and oxygen atoms in total. The Morgan fingerprint density at radius 2 is 1.25 bits per heavy atom. The Kier molecular flexibility index (Phi) is 13.2. The number of carboxylic acids is 1. The predicted molar refractivity (Wildman–Crippen MR) is 125 cm³/mol. The van der Waals surface area contributed by atoms with Crippen molar-refractivity contribution in [3.8, 4) is 0 Å². The van der Waals surface area contributed by atoms with Crippen molar-refractivity contribution in [3.63, 3.8) is 0 Å². The van der Waals surface area contributed by atoms with Crippen molar-refractivity contribution in [3.05, 3.63) is 35.9 Å². The molecule has 1 N–H and O–H groups in total. The van der Waals surface area contributed by atoms with Gasteiger partial charge in [-0.25, -0.2) is 0 Å². The van der Waals surface area contributed by atoms with Crippen molar-refractivity contribution in [1.29, 1.82) is 0 Å². The van der Waals surface area contributed by atoms with E-state index in [9.17, 15) is 9.59 Å². The summed E-state index contributed by atoms with van der Waals surface area (Å²) < 4.78 is 16.7. The molecule has 0 aromatic heterocycles. The van der Waals surface area contributed by atoms with Crippen molar-refractivity contribution in [2.45, 2.75) is 79.2 Å². The van der Waals surface area contributed by atoms with Gasteiger partial charge in [0.25, 0.3) is 0 Å². The summed E-state index contributed by atoms with van der Waals surface area (Å²) in [5.41, 5.74) is -0.162. The van der Waals surface area contributed by atoms with Gasteiger partial charge in [0.15, 0.2) is 0 Å². The minimum atomic E-state index is -0.748. The lowest BCUT2D eigenvalue weighted by Gasteiger charge is -2.22. The van der Waals surface area contributed by atoms with Gasteiger partial charge in [-0.1, -0.05) is 43.2 Å². The van der Waals surface area contributed by atoms with E-state index < -0.39 is 16.8 Å². The zero-order chi connectivity index (χ0) is 23.9. The van der Waals surface area contributed by atoms with Crippen LogP contribution in [-0.2, 0) is 30.4 Å². The average molecular weight is 451 g/mol. The minimum absolute atomic E-state index is 0.161. The van der Waals surface area contributed by atoms with E-state index in [0.29, 0.717) is 39.5 Å². The molecule has 0 saturated heterocycles. The number of rotatable bonds is 18. The Bertz CT molecular complexity index is 654. The van der Waals surface area contributed by atoms with Crippen LogP contribution in [0, 0.1) is 10.8 Å². The van der Waals surface area contributed by atoms with Crippen LogP contribution in [0.3, 0.4) is 0 Å². The number of ether oxygens (including phenoxy) is 3. The van der Waals surface area contributed by atoms with Gasteiger partial charge in [0.1, 0.15) is 6.61 Å². The second-order valence-corrected chi connectivity index (χ2v) is 9.63. The van der Waals surface area contributed by atoms with E-state index >= 15 is 0 Å². The second kappa shape index (κ2) is 15.0. The third-order valence-corrected chi connectivity index (χ3v) is 5.60. The Morgan fingerprint density at radius 1 is 0.750 bits per heavy atom. The molecule has 0 heterocycles. The van der Waals surface area contributed by atoms with Crippen LogP contribution in [0.2, 0.25) is 0 Å². The van der Waals surface area contributed by atoms with Gasteiger partial charge in [-0.2, -0.15) is 0 Å². The van der Waals surface area contributed by atoms with Gasteiger partial charge in [-0.3, -0.25) is 9.59 Å². The van der Waals surface area contributed by atoms with Crippen LogP contribution in [0.5, 0.6) is 0 Å². The smallest absolute Gasteiger partial charge is 0.311 e. The summed E-state index contributed by atoms with van der Waals surface area (Å²) in [4.78, 5) is 23.4. The molecule has 6 heteroatoms. The summed E-state index contributed by atoms with van der Waals surface area (Å²) in [5.74, 6) is -0.909. The van der Waals surface area contributed by atoms with Gasteiger partial charge in [0.05, 0.1) is 10.8 Å². The Morgan fingerprint density at radius 3 is 1.78 bits per heavy atom. The van der Waals surface area contributed by atoms with Crippen LogP contribution < -0.4 is 0 Å². The van der Waals surface area contributed by atoms with Crippen LogP contribution >= 0.6 is 0 Å². The molecule has 0 unspecified atom stereocenters. The summed E-state index contributed by atoms with van der Waals surface area (Å²) >= 11 is 0. The van der Waals surface area contributed by atoms with Crippen LogP contribution in [0.25, 0.3) is 0 Å². The summed E-state index contributed by atoms with van der Waals surface area (Å²) in [5, 5.41) is 9.08. The fraction of sp³-hybridized carbons (Fsp3) is 0.692. The summed E-state index contributed by atoms with van der Waals surface area (Å²) in [6.07, 6.45) is 5.83. The van der Waals surface area contributed by atoms with Crippen molar-refractivity contribution in [2.24, 2.45) is 10.8 Å². The zero-order valence-electron chi connectivity index (χ0n) is 20.4. The van der Waals surface area contributed by atoms with Crippen molar-refractivity contribution >= 4 is 11.9 Å². The first-order valence-corrected chi connectivity index (χ1v) is 11.8. The molecular weight excluding hydrogens is 408 g/mol. The maximum atomic E-state index is 12.4. The van der Waals surface area contributed by atoms with E-state index in [4.69, 9.17) is 19.3 Å². The van der Waals surface area contributed by atoms with Crippen LogP contribution in [0.4, 0.5) is 0 Å². The van der Waals surface area contributed by atoms with Crippen molar-refractivity contribution in [2.75, 3.05) is 26.4 Å². The quantitative estimate of drug-likeness (QED) is 0.230. The van der Waals surface area contributed by atoms with E-state index in [-0.39, 0.29) is 5.97 Å². The van der Waals surface area contributed by atoms with Crippen molar-refractivity contribution < 1.29 is 28.9 Å². The number of hydrogen-bond donors (Lipinski definition) is 1. The Hall–Kier alpha value is -1.92. The standard InChI is InChI=1S/C26H42O6/c1-25(2,23(27)28)15-8-10-17-30-19-12-20-31-18-11-9-16-26(3,4)24(29)32-21-22-13-6-5-7-14-22/h5-7,13-14H,8-12,15-21H2,1-4H3,(H,27,28). The molecule has 0 radical (unpaired) electrons. The molecule has 0 atom stereocenters. The van der Waals surface area contributed by atoms with Gasteiger partial charge in [0, 0.05) is 26.4 Å². The van der Waals surface area contributed by atoms with Crippen molar-refractivity contribution in [1.82, 2.24) is 0 Å². The molecule has 0 saturated carbocycles. The monoisotopic (exact) mass is 450 g/mol. The molecule has 1 aromatic carbocycles. The molecule has 0 fully saturated rings. The lowest BCUT2D eigenvalue weighted by Crippen LogP contribution is -2.26. The minimum Gasteiger partial charge on any atom is -0.481 e. The fourth-order valence-corrected chi connectivity index (χ4v) is 3.14. The molecule has 0 aliphatic rings. The molecule has 1 rings (SSSR count). The van der Waals surface area contributed by atoms with Crippen LogP contribution in [0.15, 0.2) is 30.3 Å². The Balaban J connectivity index is 1.96. The number of esters is 1. The topological polar surface area (TPSA) is 82.1 Å². The highest BCUT2D eigenvalue weighted by atomic mass is 16.5. The first-order valence-electron chi connectivity index (χ1n) is 11.8. The molecule has 0 aliphatic carbocycles.